The van der Waals surface area contributed by atoms with Gasteiger partial charge in [-0.15, -0.1) is 0 Å². The van der Waals surface area contributed by atoms with Crippen LogP contribution in [-0.4, -0.2) is 36.1 Å². The summed E-state index contributed by atoms with van der Waals surface area (Å²) in [6, 6.07) is 4.80. The van der Waals surface area contributed by atoms with Crippen LogP contribution in [0.1, 0.15) is 38.8 Å². The molecule has 1 aromatic heterocycles. The first-order valence-corrected chi connectivity index (χ1v) is 7.52. The molecule has 0 aromatic carbocycles. The van der Waals surface area contributed by atoms with Crippen molar-refractivity contribution in [3.05, 3.63) is 23.9 Å². The van der Waals surface area contributed by atoms with Crippen LogP contribution in [0.2, 0.25) is 0 Å². The molecule has 0 spiro atoms. The number of rotatable bonds is 4. The van der Waals surface area contributed by atoms with E-state index >= 15 is 0 Å². The maximum Gasteiger partial charge on any atom is 0.212 e. The SMILES string of the molecule is COc1ccc(C(CN)N2CC(C)CC(C)C2C)cn1. The first-order valence-electron chi connectivity index (χ1n) is 7.52. The van der Waals surface area contributed by atoms with E-state index in [1.165, 1.54) is 12.0 Å². The standard InChI is InChI=1S/C16H27N3O/c1-11-7-12(2)13(3)19(10-11)15(8-17)14-5-6-16(20-4)18-9-14/h5-6,9,11-13,15H,7-8,10,17H2,1-4H3. The van der Waals surface area contributed by atoms with Gasteiger partial charge < -0.3 is 10.5 Å². The van der Waals surface area contributed by atoms with Gasteiger partial charge in [-0.1, -0.05) is 19.9 Å². The number of hydrogen-bond acceptors (Lipinski definition) is 4. The molecular formula is C16H27N3O. The van der Waals surface area contributed by atoms with Crippen LogP contribution in [0.3, 0.4) is 0 Å². The number of piperidine rings is 1. The van der Waals surface area contributed by atoms with Crippen LogP contribution in [0.4, 0.5) is 0 Å². The van der Waals surface area contributed by atoms with Crippen LogP contribution in [0, 0.1) is 11.8 Å². The molecule has 0 amide bonds. The van der Waals surface area contributed by atoms with Crippen molar-refractivity contribution >= 4 is 0 Å². The molecule has 0 aliphatic carbocycles. The number of nitrogens with two attached hydrogens (primary N) is 1. The van der Waals surface area contributed by atoms with Gasteiger partial charge in [0.15, 0.2) is 0 Å². The van der Waals surface area contributed by atoms with Gasteiger partial charge in [0, 0.05) is 37.4 Å². The summed E-state index contributed by atoms with van der Waals surface area (Å²) in [5.74, 6) is 2.08. The van der Waals surface area contributed by atoms with Crippen molar-refractivity contribution in [2.45, 2.75) is 39.3 Å². The third-order valence-corrected chi connectivity index (χ3v) is 4.62. The van der Waals surface area contributed by atoms with Gasteiger partial charge in [-0.3, -0.25) is 4.90 Å². The second-order valence-electron chi connectivity index (χ2n) is 6.14. The summed E-state index contributed by atoms with van der Waals surface area (Å²) in [4.78, 5) is 6.86. The van der Waals surface area contributed by atoms with Crippen molar-refractivity contribution in [1.29, 1.82) is 0 Å². The molecule has 2 heterocycles. The summed E-state index contributed by atoms with van der Waals surface area (Å²) in [6.45, 7) is 8.72. The molecule has 4 heteroatoms. The molecule has 2 rings (SSSR count). The van der Waals surface area contributed by atoms with Crippen molar-refractivity contribution in [3.63, 3.8) is 0 Å². The fourth-order valence-electron chi connectivity index (χ4n) is 3.34. The lowest BCUT2D eigenvalue weighted by atomic mass is 9.84. The van der Waals surface area contributed by atoms with Gasteiger partial charge in [-0.2, -0.15) is 0 Å². The van der Waals surface area contributed by atoms with Crippen LogP contribution in [0.15, 0.2) is 18.3 Å². The van der Waals surface area contributed by atoms with Crippen molar-refractivity contribution < 1.29 is 4.74 Å². The highest BCUT2D eigenvalue weighted by Gasteiger charge is 2.33. The lowest BCUT2D eigenvalue weighted by molar-refractivity contribution is 0.0423. The van der Waals surface area contributed by atoms with E-state index in [-0.39, 0.29) is 6.04 Å². The smallest absolute Gasteiger partial charge is 0.212 e. The number of hydrogen-bond donors (Lipinski definition) is 1. The Morgan fingerprint density at radius 2 is 2.15 bits per heavy atom. The van der Waals surface area contributed by atoms with E-state index in [0.29, 0.717) is 24.4 Å². The van der Waals surface area contributed by atoms with Crippen molar-refractivity contribution in [3.8, 4) is 5.88 Å². The zero-order valence-electron chi connectivity index (χ0n) is 13.0. The van der Waals surface area contributed by atoms with Gasteiger partial charge in [0.05, 0.1) is 7.11 Å². The van der Waals surface area contributed by atoms with Gasteiger partial charge in [0.2, 0.25) is 5.88 Å². The first-order chi connectivity index (χ1) is 9.56. The van der Waals surface area contributed by atoms with Crippen molar-refractivity contribution in [2.75, 3.05) is 20.2 Å². The van der Waals surface area contributed by atoms with Crippen LogP contribution in [0.5, 0.6) is 5.88 Å². The van der Waals surface area contributed by atoms with Crippen LogP contribution in [-0.2, 0) is 0 Å². The van der Waals surface area contributed by atoms with E-state index in [0.717, 1.165) is 12.5 Å². The molecule has 2 N–H and O–H groups in total. The Balaban J connectivity index is 2.21. The van der Waals surface area contributed by atoms with Gasteiger partial charge in [0.25, 0.3) is 0 Å². The molecule has 1 saturated heterocycles. The minimum Gasteiger partial charge on any atom is -0.481 e. The van der Waals surface area contributed by atoms with E-state index in [9.17, 15) is 0 Å². The maximum absolute atomic E-state index is 6.06. The molecule has 4 unspecified atom stereocenters. The zero-order valence-corrected chi connectivity index (χ0v) is 13.0. The molecule has 1 aromatic rings. The second-order valence-corrected chi connectivity index (χ2v) is 6.14. The summed E-state index contributed by atoms with van der Waals surface area (Å²) >= 11 is 0. The molecule has 112 valence electrons. The third kappa shape index (κ3) is 3.13. The molecule has 1 aliphatic rings. The monoisotopic (exact) mass is 277 g/mol. The topological polar surface area (TPSA) is 51.4 Å². The normalized spacial score (nSPS) is 29.1. The average molecular weight is 277 g/mol. The Hall–Kier alpha value is -1.13. The molecular weight excluding hydrogens is 250 g/mol. The minimum atomic E-state index is 0.244. The predicted molar refractivity (Wildman–Crippen MR) is 81.7 cm³/mol. The Kier molecular flexibility index (Phi) is 5.00. The fourth-order valence-corrected chi connectivity index (χ4v) is 3.34. The number of aromatic nitrogens is 1. The second kappa shape index (κ2) is 6.55. The number of methoxy groups -OCH3 is 1. The van der Waals surface area contributed by atoms with Crippen molar-refractivity contribution in [2.24, 2.45) is 17.6 Å². The van der Waals surface area contributed by atoms with E-state index < -0.39 is 0 Å². The summed E-state index contributed by atoms with van der Waals surface area (Å²) in [6.07, 6.45) is 3.20. The van der Waals surface area contributed by atoms with E-state index in [4.69, 9.17) is 10.5 Å². The summed E-state index contributed by atoms with van der Waals surface area (Å²) in [5.41, 5.74) is 7.24. The van der Waals surface area contributed by atoms with Gasteiger partial charge in [-0.05, 0) is 30.7 Å². The van der Waals surface area contributed by atoms with Gasteiger partial charge in [0.1, 0.15) is 0 Å². The highest BCUT2D eigenvalue weighted by molar-refractivity contribution is 5.21. The average Bonchev–Trinajstić information content (AvgIpc) is 2.45. The predicted octanol–water partition coefficient (Wildman–Crippen LogP) is 2.46. The molecule has 1 aliphatic heterocycles. The number of likely N-dealkylation sites (tertiary alicyclic amines) is 1. The van der Waals surface area contributed by atoms with E-state index in [1.54, 1.807) is 7.11 Å². The number of nitrogens with zero attached hydrogens (tertiary/aromatic N) is 2. The summed E-state index contributed by atoms with van der Waals surface area (Å²) in [7, 11) is 1.64. The maximum atomic E-state index is 6.06. The Labute approximate surface area is 122 Å². The highest BCUT2D eigenvalue weighted by atomic mass is 16.5. The zero-order chi connectivity index (χ0) is 14.7. The molecule has 20 heavy (non-hydrogen) atoms. The Morgan fingerprint density at radius 1 is 1.40 bits per heavy atom. The quantitative estimate of drug-likeness (QED) is 0.918. The van der Waals surface area contributed by atoms with Crippen LogP contribution in [0.25, 0.3) is 0 Å². The van der Waals surface area contributed by atoms with E-state index in [1.807, 2.05) is 12.3 Å². The van der Waals surface area contributed by atoms with Gasteiger partial charge >= 0.3 is 0 Å². The van der Waals surface area contributed by atoms with E-state index in [2.05, 4.69) is 36.7 Å². The fraction of sp³-hybridized carbons (Fsp3) is 0.688. The highest BCUT2D eigenvalue weighted by Crippen LogP contribution is 2.33. The molecule has 0 saturated carbocycles. The third-order valence-electron chi connectivity index (χ3n) is 4.62. The largest absolute Gasteiger partial charge is 0.481 e. The van der Waals surface area contributed by atoms with Gasteiger partial charge in [-0.25, -0.2) is 4.98 Å². The molecule has 4 atom stereocenters. The van der Waals surface area contributed by atoms with Crippen LogP contribution < -0.4 is 10.5 Å². The Bertz CT molecular complexity index is 420. The lowest BCUT2D eigenvalue weighted by Crippen LogP contribution is -2.49. The number of pyridine rings is 1. The molecule has 4 nitrogen and oxygen atoms in total. The van der Waals surface area contributed by atoms with Crippen LogP contribution >= 0.6 is 0 Å². The summed E-state index contributed by atoms with van der Waals surface area (Å²) in [5, 5.41) is 0. The molecule has 1 fully saturated rings. The first kappa shape index (κ1) is 15.3. The minimum absolute atomic E-state index is 0.244. The molecule has 0 bridgehead atoms. The van der Waals surface area contributed by atoms with Crippen molar-refractivity contribution in [1.82, 2.24) is 9.88 Å². The molecule has 0 radical (unpaired) electrons. The Morgan fingerprint density at radius 3 is 2.70 bits per heavy atom. The number of ether oxygens (including phenoxy) is 1. The lowest BCUT2D eigenvalue weighted by Gasteiger charge is -2.45. The summed E-state index contributed by atoms with van der Waals surface area (Å²) < 4.78 is 5.13.